The zero-order valence-corrected chi connectivity index (χ0v) is 17.1. The molecule has 0 atom stereocenters. The number of alkyl halides is 6. The van der Waals surface area contributed by atoms with Crippen LogP contribution in [0.3, 0.4) is 0 Å². The maximum Gasteiger partial charge on any atom is 0.417 e. The first-order valence-corrected chi connectivity index (χ1v) is 7.85. The van der Waals surface area contributed by atoms with Crippen molar-refractivity contribution >= 4 is 41.5 Å². The van der Waals surface area contributed by atoms with Crippen molar-refractivity contribution in [3.8, 4) is 5.88 Å². The van der Waals surface area contributed by atoms with Crippen LogP contribution in [0, 0.1) is 0 Å². The average Bonchev–Trinajstić information content (AvgIpc) is 2.50. The summed E-state index contributed by atoms with van der Waals surface area (Å²) in [6.45, 7) is 1.82. The van der Waals surface area contributed by atoms with Gasteiger partial charge in [-0.05, 0) is 13.0 Å². The van der Waals surface area contributed by atoms with Crippen molar-refractivity contribution in [2.24, 2.45) is 4.99 Å². The van der Waals surface area contributed by atoms with Crippen LogP contribution in [0.15, 0.2) is 17.3 Å². The van der Waals surface area contributed by atoms with Gasteiger partial charge in [0.15, 0.2) is 5.96 Å². The molecule has 0 aliphatic heterocycles. The van der Waals surface area contributed by atoms with Gasteiger partial charge >= 0.3 is 12.4 Å². The second kappa shape index (κ2) is 11.6. The van der Waals surface area contributed by atoms with E-state index in [-0.39, 0.29) is 54.0 Å². The fraction of sp³-hybridized carbons (Fsp3) is 0.571. The van der Waals surface area contributed by atoms with E-state index in [0.29, 0.717) is 18.8 Å². The first-order chi connectivity index (χ1) is 12.0. The molecule has 0 amide bonds. The third-order valence-electron chi connectivity index (χ3n) is 2.78. The maximum atomic E-state index is 12.5. The second-order valence-electron chi connectivity index (χ2n) is 4.91. The summed E-state index contributed by atoms with van der Waals surface area (Å²) in [7, 11) is 0. The zero-order valence-electron chi connectivity index (χ0n) is 14.0. The number of hydrogen-bond donors (Lipinski definition) is 2. The van der Waals surface area contributed by atoms with Crippen LogP contribution in [0.2, 0.25) is 5.02 Å². The predicted octanol–water partition coefficient (Wildman–Crippen LogP) is 4.26. The Morgan fingerprint density at radius 3 is 2.41 bits per heavy atom. The molecular formula is C14H18ClF6IN4O. The molecule has 0 fully saturated rings. The summed E-state index contributed by atoms with van der Waals surface area (Å²) in [6.07, 6.45) is -9.32. The molecule has 0 aromatic carbocycles. The van der Waals surface area contributed by atoms with E-state index < -0.39 is 30.9 Å². The molecule has 1 aromatic rings. The molecule has 0 aliphatic carbocycles. The maximum absolute atomic E-state index is 12.5. The van der Waals surface area contributed by atoms with Gasteiger partial charge in [-0.1, -0.05) is 11.6 Å². The molecule has 0 spiro atoms. The number of ether oxygens (including phenoxy) is 1. The summed E-state index contributed by atoms with van der Waals surface area (Å²) < 4.78 is 79.0. The van der Waals surface area contributed by atoms with Crippen molar-refractivity contribution in [2.45, 2.75) is 25.7 Å². The normalized spacial score (nSPS) is 12.4. The Bertz CT molecular complexity index is 612. The molecule has 0 bridgehead atoms. The molecule has 2 N–H and O–H groups in total. The molecule has 0 aliphatic rings. The van der Waals surface area contributed by atoms with Crippen molar-refractivity contribution in [2.75, 3.05) is 26.2 Å². The van der Waals surface area contributed by atoms with Gasteiger partial charge in [0.25, 0.3) is 0 Å². The number of halogens is 8. The number of rotatable bonds is 7. The number of guanidine groups is 1. The van der Waals surface area contributed by atoms with Gasteiger partial charge in [0, 0.05) is 12.7 Å². The van der Waals surface area contributed by atoms with Crippen LogP contribution in [0.4, 0.5) is 26.3 Å². The lowest BCUT2D eigenvalue weighted by Gasteiger charge is -2.13. The van der Waals surface area contributed by atoms with Crippen LogP contribution in [0.5, 0.6) is 5.88 Å². The van der Waals surface area contributed by atoms with Gasteiger partial charge in [0.2, 0.25) is 5.88 Å². The summed E-state index contributed by atoms with van der Waals surface area (Å²) in [5.74, 6) is -0.0210. The van der Waals surface area contributed by atoms with E-state index in [1.807, 2.05) is 0 Å². The lowest BCUT2D eigenvalue weighted by Crippen LogP contribution is -2.39. The van der Waals surface area contributed by atoms with Gasteiger partial charge in [0.05, 0.1) is 25.1 Å². The minimum absolute atomic E-state index is 0. The molecule has 0 unspecified atom stereocenters. The number of aliphatic imine (C=N–C) groups is 1. The van der Waals surface area contributed by atoms with E-state index in [1.54, 1.807) is 6.92 Å². The van der Waals surface area contributed by atoms with Crippen LogP contribution in [0.1, 0.15) is 18.9 Å². The van der Waals surface area contributed by atoms with Crippen molar-refractivity contribution < 1.29 is 31.1 Å². The van der Waals surface area contributed by atoms with Gasteiger partial charge in [-0.15, -0.1) is 24.0 Å². The van der Waals surface area contributed by atoms with Gasteiger partial charge in [-0.3, -0.25) is 4.99 Å². The highest BCUT2D eigenvalue weighted by Gasteiger charge is 2.31. The predicted molar refractivity (Wildman–Crippen MR) is 99.8 cm³/mol. The lowest BCUT2D eigenvalue weighted by molar-refractivity contribution is -0.138. The van der Waals surface area contributed by atoms with Gasteiger partial charge < -0.3 is 15.4 Å². The quantitative estimate of drug-likeness (QED) is 0.181. The lowest BCUT2D eigenvalue weighted by atomic mass is 10.3. The Labute approximate surface area is 173 Å². The average molecular weight is 535 g/mol. The Morgan fingerprint density at radius 2 is 1.89 bits per heavy atom. The van der Waals surface area contributed by atoms with Gasteiger partial charge in [-0.2, -0.15) is 26.3 Å². The van der Waals surface area contributed by atoms with Crippen LogP contribution in [-0.2, 0) is 6.18 Å². The van der Waals surface area contributed by atoms with E-state index in [9.17, 15) is 26.3 Å². The van der Waals surface area contributed by atoms with E-state index in [0.717, 1.165) is 0 Å². The highest BCUT2D eigenvalue weighted by molar-refractivity contribution is 14.0. The van der Waals surface area contributed by atoms with Crippen LogP contribution >= 0.6 is 35.6 Å². The molecule has 1 heterocycles. The highest BCUT2D eigenvalue weighted by Crippen LogP contribution is 2.32. The number of aromatic nitrogens is 1. The molecule has 1 rings (SSSR count). The third-order valence-corrected chi connectivity index (χ3v) is 3.05. The molecule has 0 saturated carbocycles. The smallest absolute Gasteiger partial charge is 0.417 e. The van der Waals surface area contributed by atoms with E-state index in [1.165, 1.54) is 0 Å². The fourth-order valence-corrected chi connectivity index (χ4v) is 1.86. The van der Waals surface area contributed by atoms with Gasteiger partial charge in [-0.25, -0.2) is 4.98 Å². The number of nitrogens with zero attached hydrogens (tertiary/aromatic N) is 2. The third kappa shape index (κ3) is 10.7. The Balaban J connectivity index is 0.00000676. The molecular weight excluding hydrogens is 517 g/mol. The first kappa shape index (κ1) is 25.8. The summed E-state index contributed by atoms with van der Waals surface area (Å²) >= 11 is 5.69. The molecule has 5 nitrogen and oxygen atoms in total. The van der Waals surface area contributed by atoms with E-state index in [2.05, 4.69) is 20.6 Å². The Kier molecular flexibility index (Phi) is 11.1. The van der Waals surface area contributed by atoms with Crippen molar-refractivity contribution in [1.29, 1.82) is 0 Å². The van der Waals surface area contributed by atoms with Crippen molar-refractivity contribution in [3.63, 3.8) is 0 Å². The fourth-order valence-electron chi connectivity index (χ4n) is 1.64. The number of pyridine rings is 1. The van der Waals surface area contributed by atoms with Crippen LogP contribution in [0.25, 0.3) is 0 Å². The van der Waals surface area contributed by atoms with Crippen LogP contribution in [-0.4, -0.2) is 43.4 Å². The topological polar surface area (TPSA) is 58.5 Å². The summed E-state index contributed by atoms with van der Waals surface area (Å²) in [5.41, 5.74) is -1.00. The monoisotopic (exact) mass is 534 g/mol. The molecule has 1 aromatic heterocycles. The van der Waals surface area contributed by atoms with Crippen LogP contribution < -0.4 is 15.4 Å². The highest BCUT2D eigenvalue weighted by atomic mass is 127. The van der Waals surface area contributed by atoms with E-state index >= 15 is 0 Å². The molecule has 0 radical (unpaired) electrons. The van der Waals surface area contributed by atoms with Crippen molar-refractivity contribution in [1.82, 2.24) is 15.6 Å². The van der Waals surface area contributed by atoms with E-state index in [4.69, 9.17) is 16.3 Å². The molecule has 156 valence electrons. The second-order valence-corrected chi connectivity index (χ2v) is 5.32. The SMILES string of the molecule is CCNC(=NCCC(F)(F)F)NCCOc1ncc(C(F)(F)F)cc1Cl.I. The first-order valence-electron chi connectivity index (χ1n) is 7.47. The summed E-state index contributed by atoms with van der Waals surface area (Å²) in [6, 6.07) is 0.694. The minimum Gasteiger partial charge on any atom is -0.475 e. The summed E-state index contributed by atoms with van der Waals surface area (Å²) in [5, 5.41) is 5.18. The molecule has 0 saturated heterocycles. The van der Waals surface area contributed by atoms with Crippen molar-refractivity contribution in [3.05, 3.63) is 22.8 Å². The Hall–Kier alpha value is -1.18. The minimum atomic E-state index is -4.57. The summed E-state index contributed by atoms with van der Waals surface area (Å²) in [4.78, 5) is 7.25. The molecule has 13 heteroatoms. The largest absolute Gasteiger partial charge is 0.475 e. The number of hydrogen-bond acceptors (Lipinski definition) is 3. The number of nitrogens with one attached hydrogen (secondary N) is 2. The Morgan fingerprint density at radius 1 is 1.22 bits per heavy atom. The molecule has 27 heavy (non-hydrogen) atoms. The zero-order chi connectivity index (χ0) is 19.8. The standard InChI is InChI=1S/C14H17ClF6N4O.HI/c1-2-22-12(23-4-3-13(16,17)18)24-5-6-26-11-10(15)7-9(8-25-11)14(19,20)21;/h7-8H,2-6H2,1H3,(H2,22,23,24);1H. The van der Waals surface area contributed by atoms with Gasteiger partial charge in [0.1, 0.15) is 11.6 Å².